The first-order valence-electron chi connectivity index (χ1n) is 16.9. The molecular formula is C40H42N2O9. The topological polar surface area (TPSA) is 141 Å². The van der Waals surface area contributed by atoms with Crippen LogP contribution in [0.5, 0.6) is 11.5 Å². The molecule has 4 aromatic rings. The van der Waals surface area contributed by atoms with Crippen LogP contribution in [0.15, 0.2) is 97.1 Å². The quantitative estimate of drug-likeness (QED) is 0.0677. The van der Waals surface area contributed by atoms with E-state index in [9.17, 15) is 24.3 Å². The molecule has 0 spiro atoms. The number of imide groups is 1. The highest BCUT2D eigenvalue weighted by atomic mass is 16.5. The number of aromatic carboxylic acids is 1. The van der Waals surface area contributed by atoms with Crippen LogP contribution in [-0.2, 0) is 15.1 Å². The van der Waals surface area contributed by atoms with Crippen molar-refractivity contribution in [2.75, 3.05) is 27.4 Å². The maximum atomic E-state index is 13.0. The van der Waals surface area contributed by atoms with Gasteiger partial charge in [-0.05, 0) is 61.6 Å². The van der Waals surface area contributed by atoms with Crippen molar-refractivity contribution in [3.63, 3.8) is 0 Å². The van der Waals surface area contributed by atoms with Crippen LogP contribution < -0.4 is 14.8 Å². The van der Waals surface area contributed by atoms with Crippen molar-refractivity contribution in [3.05, 3.63) is 130 Å². The normalized spacial score (nSPS) is 13.0. The highest BCUT2D eigenvalue weighted by Crippen LogP contribution is 2.47. The number of alkyl carbamates (subject to hydrolysis) is 1. The van der Waals surface area contributed by atoms with Gasteiger partial charge in [0.25, 0.3) is 11.8 Å². The van der Waals surface area contributed by atoms with E-state index in [-0.39, 0.29) is 29.7 Å². The van der Waals surface area contributed by atoms with Crippen LogP contribution in [0.3, 0.4) is 0 Å². The smallest absolute Gasteiger partial charge is 0.408 e. The minimum atomic E-state index is -1.21. The van der Waals surface area contributed by atoms with Crippen LogP contribution in [-0.4, -0.2) is 67.5 Å². The zero-order chi connectivity index (χ0) is 36.4. The number of rotatable bonds is 17. The van der Waals surface area contributed by atoms with Crippen molar-refractivity contribution in [2.24, 2.45) is 0 Å². The molecule has 3 amide bonds. The molecule has 1 heterocycles. The van der Waals surface area contributed by atoms with Gasteiger partial charge >= 0.3 is 12.1 Å². The van der Waals surface area contributed by atoms with E-state index >= 15 is 0 Å². The third kappa shape index (κ3) is 7.73. The maximum Gasteiger partial charge on any atom is 0.408 e. The molecule has 0 aromatic heterocycles. The zero-order valence-corrected chi connectivity index (χ0v) is 28.9. The van der Waals surface area contributed by atoms with Gasteiger partial charge in [0.05, 0.1) is 37.5 Å². The lowest BCUT2D eigenvalue weighted by molar-refractivity contribution is 0.00742. The van der Waals surface area contributed by atoms with Gasteiger partial charge in [0.2, 0.25) is 0 Å². The number of carboxylic acid groups (broad SMARTS) is 1. The number of unbranched alkanes of at least 4 members (excludes halogenated alkanes) is 3. The number of methoxy groups -OCH3 is 2. The SMILES string of the molecule is CCC(NC(=O)OCCCCCCOC(c1ccccc1)(c1ccccc1OC)c1ccccc1OC)N1C(=O)c2ccc(C(=O)O)cc2C1=O. The monoisotopic (exact) mass is 694 g/mol. The summed E-state index contributed by atoms with van der Waals surface area (Å²) in [6.07, 6.45) is 1.42. The molecule has 0 aliphatic carbocycles. The lowest BCUT2D eigenvalue weighted by Gasteiger charge is -2.37. The fraction of sp³-hybridized carbons (Fsp3) is 0.300. The van der Waals surface area contributed by atoms with Gasteiger partial charge in [0.1, 0.15) is 17.7 Å². The lowest BCUT2D eigenvalue weighted by atomic mass is 9.79. The minimum Gasteiger partial charge on any atom is -0.496 e. The maximum absolute atomic E-state index is 13.0. The fourth-order valence-corrected chi connectivity index (χ4v) is 6.39. The predicted molar refractivity (Wildman–Crippen MR) is 189 cm³/mol. The summed E-state index contributed by atoms with van der Waals surface area (Å²) in [5.41, 5.74) is 1.56. The summed E-state index contributed by atoms with van der Waals surface area (Å²) in [5.74, 6) is -1.11. The number of hydrogen-bond donors (Lipinski definition) is 2. The number of hydrogen-bond acceptors (Lipinski definition) is 8. The number of amides is 3. The average molecular weight is 695 g/mol. The molecule has 1 atom stereocenters. The molecule has 11 nitrogen and oxygen atoms in total. The number of carbonyl (C=O) groups excluding carboxylic acids is 3. The third-order valence-corrected chi connectivity index (χ3v) is 8.89. The van der Waals surface area contributed by atoms with Gasteiger partial charge in [0, 0.05) is 17.7 Å². The summed E-state index contributed by atoms with van der Waals surface area (Å²) in [6, 6.07) is 29.4. The fourth-order valence-electron chi connectivity index (χ4n) is 6.39. The van der Waals surface area contributed by atoms with E-state index in [1.807, 2.05) is 78.9 Å². The molecule has 0 radical (unpaired) electrons. The summed E-state index contributed by atoms with van der Waals surface area (Å²) in [4.78, 5) is 50.9. The lowest BCUT2D eigenvalue weighted by Crippen LogP contribution is -2.50. The summed E-state index contributed by atoms with van der Waals surface area (Å²) < 4.78 is 24.0. The number of carbonyl (C=O) groups is 4. The van der Waals surface area contributed by atoms with Crippen LogP contribution in [0.4, 0.5) is 4.79 Å². The van der Waals surface area contributed by atoms with Crippen LogP contribution in [0, 0.1) is 0 Å². The van der Waals surface area contributed by atoms with Crippen molar-refractivity contribution in [1.82, 2.24) is 10.2 Å². The number of nitrogens with zero attached hydrogens (tertiary/aromatic N) is 1. The molecule has 5 rings (SSSR count). The molecule has 11 heteroatoms. The Bertz CT molecular complexity index is 1810. The van der Waals surface area contributed by atoms with Crippen molar-refractivity contribution < 1.29 is 43.2 Å². The number of nitrogens with one attached hydrogen (secondary N) is 1. The van der Waals surface area contributed by atoms with Crippen LogP contribution in [0.2, 0.25) is 0 Å². The van der Waals surface area contributed by atoms with E-state index in [1.165, 1.54) is 18.2 Å². The average Bonchev–Trinajstić information content (AvgIpc) is 3.41. The first-order chi connectivity index (χ1) is 24.8. The first-order valence-corrected chi connectivity index (χ1v) is 16.9. The van der Waals surface area contributed by atoms with Crippen molar-refractivity contribution in [2.45, 2.75) is 50.8 Å². The van der Waals surface area contributed by atoms with E-state index in [0.29, 0.717) is 24.5 Å². The van der Waals surface area contributed by atoms with Crippen molar-refractivity contribution in [3.8, 4) is 11.5 Å². The molecule has 0 fully saturated rings. The predicted octanol–water partition coefficient (Wildman–Crippen LogP) is 7.03. The van der Waals surface area contributed by atoms with E-state index < -0.39 is 35.6 Å². The summed E-state index contributed by atoms with van der Waals surface area (Å²) in [7, 11) is 3.29. The second-order valence-electron chi connectivity index (χ2n) is 12.0. The molecule has 1 aliphatic rings. The Morgan fingerprint density at radius 3 is 1.90 bits per heavy atom. The number of carboxylic acids is 1. The second kappa shape index (κ2) is 16.8. The molecular weight excluding hydrogens is 652 g/mol. The highest BCUT2D eigenvalue weighted by molar-refractivity contribution is 6.22. The molecule has 0 bridgehead atoms. The molecule has 4 aromatic carbocycles. The Morgan fingerprint density at radius 1 is 0.745 bits per heavy atom. The van der Waals surface area contributed by atoms with Gasteiger partial charge in [-0.15, -0.1) is 0 Å². The Kier molecular flexibility index (Phi) is 12.1. The Labute approximate surface area is 297 Å². The number of benzene rings is 4. The summed E-state index contributed by atoms with van der Waals surface area (Å²) in [5, 5.41) is 11.9. The molecule has 0 saturated carbocycles. The van der Waals surface area contributed by atoms with Gasteiger partial charge in [-0.25, -0.2) is 9.59 Å². The standard InChI is InChI=1S/C40H42N2O9/c1-4-35(42-36(43)29-23-22-27(38(45)46)26-30(29)37(42)44)41-39(47)50-24-14-5-6-15-25-51-40(28-16-8-7-9-17-28,31-18-10-12-20-33(31)48-2)32-19-11-13-21-34(32)49-3/h7-13,16-23,26,35H,4-6,14-15,24-25H2,1-3H3,(H,41,47)(H,45,46). The summed E-state index contributed by atoms with van der Waals surface area (Å²) >= 11 is 0. The van der Waals surface area contributed by atoms with Crippen LogP contribution in [0.1, 0.15) is 86.8 Å². The van der Waals surface area contributed by atoms with Gasteiger partial charge in [-0.1, -0.05) is 80.1 Å². The number of para-hydroxylation sites is 2. The molecule has 266 valence electrons. The van der Waals surface area contributed by atoms with Gasteiger partial charge in [0.15, 0.2) is 5.60 Å². The number of ether oxygens (including phenoxy) is 4. The minimum absolute atomic E-state index is 0.00989. The molecule has 2 N–H and O–H groups in total. The zero-order valence-electron chi connectivity index (χ0n) is 28.9. The highest BCUT2D eigenvalue weighted by Gasteiger charge is 2.42. The van der Waals surface area contributed by atoms with Gasteiger partial charge in [-0.3, -0.25) is 14.5 Å². The van der Waals surface area contributed by atoms with E-state index in [4.69, 9.17) is 18.9 Å². The van der Waals surface area contributed by atoms with E-state index in [2.05, 4.69) is 5.32 Å². The summed E-state index contributed by atoms with van der Waals surface area (Å²) in [6.45, 7) is 2.27. The molecule has 1 unspecified atom stereocenters. The molecule has 51 heavy (non-hydrogen) atoms. The molecule has 1 aliphatic heterocycles. The number of fused-ring (bicyclic) bond motifs is 1. The van der Waals surface area contributed by atoms with Crippen molar-refractivity contribution in [1.29, 1.82) is 0 Å². The Balaban J connectivity index is 1.17. The van der Waals surface area contributed by atoms with Crippen LogP contribution in [0.25, 0.3) is 0 Å². The van der Waals surface area contributed by atoms with E-state index in [1.54, 1.807) is 21.1 Å². The Morgan fingerprint density at radius 2 is 1.31 bits per heavy atom. The van der Waals surface area contributed by atoms with Gasteiger partial charge < -0.3 is 29.4 Å². The first kappa shape index (κ1) is 36.6. The van der Waals surface area contributed by atoms with Crippen LogP contribution >= 0.6 is 0 Å². The molecule has 0 saturated heterocycles. The van der Waals surface area contributed by atoms with Gasteiger partial charge in [-0.2, -0.15) is 0 Å². The third-order valence-electron chi connectivity index (χ3n) is 8.89. The Hall–Kier alpha value is -5.68. The van der Waals surface area contributed by atoms with E-state index in [0.717, 1.165) is 40.9 Å². The largest absolute Gasteiger partial charge is 0.496 e. The van der Waals surface area contributed by atoms with Crippen molar-refractivity contribution >= 4 is 23.9 Å². The second-order valence-corrected chi connectivity index (χ2v) is 12.0.